The third-order valence-corrected chi connectivity index (χ3v) is 5.94. The molecular weight excluding hydrogens is 531 g/mol. The molecule has 2 atom stereocenters. The Bertz CT molecular complexity index is 952. The highest BCUT2D eigenvalue weighted by molar-refractivity contribution is 14.0. The van der Waals surface area contributed by atoms with Gasteiger partial charge in [-0.3, -0.25) is 14.5 Å². The van der Waals surface area contributed by atoms with Gasteiger partial charge in [0.15, 0.2) is 5.96 Å². The van der Waals surface area contributed by atoms with Crippen LogP contribution in [-0.4, -0.2) is 54.0 Å². The summed E-state index contributed by atoms with van der Waals surface area (Å²) in [6, 6.07) is 7.85. The van der Waals surface area contributed by atoms with Crippen LogP contribution in [0.15, 0.2) is 29.3 Å². The van der Waals surface area contributed by atoms with E-state index in [1.807, 2.05) is 42.9 Å². The van der Waals surface area contributed by atoms with Crippen molar-refractivity contribution in [2.75, 3.05) is 20.2 Å². The van der Waals surface area contributed by atoms with E-state index in [-0.39, 0.29) is 42.0 Å². The lowest BCUT2D eigenvalue weighted by Crippen LogP contribution is -2.42. The predicted molar refractivity (Wildman–Crippen MR) is 142 cm³/mol. The summed E-state index contributed by atoms with van der Waals surface area (Å²) in [5.74, 6) is 0.658. The topological polar surface area (TPSA) is 92.6 Å². The number of aryl methyl sites for hydroxylation is 2. The molecule has 0 radical (unpaired) electrons. The van der Waals surface area contributed by atoms with E-state index in [0.717, 1.165) is 43.1 Å². The number of benzene rings is 1. The van der Waals surface area contributed by atoms with Gasteiger partial charge in [0.2, 0.25) is 0 Å². The molecule has 2 unspecified atom stereocenters. The minimum Gasteiger partial charge on any atom is -0.376 e. The van der Waals surface area contributed by atoms with Gasteiger partial charge in [0.05, 0.1) is 11.8 Å². The highest BCUT2D eigenvalue weighted by Crippen LogP contribution is 2.14. The van der Waals surface area contributed by atoms with Crippen molar-refractivity contribution >= 4 is 35.8 Å². The highest BCUT2D eigenvalue weighted by Gasteiger charge is 2.17. The number of aliphatic imine (C=N–C) groups is 1. The monoisotopic (exact) mass is 568 g/mol. The number of aromatic nitrogens is 2. The Morgan fingerprint density at radius 3 is 2.76 bits per heavy atom. The lowest BCUT2D eigenvalue weighted by atomic mass is 10.1. The first kappa shape index (κ1) is 27.1. The predicted octanol–water partition coefficient (Wildman–Crippen LogP) is 2.86. The van der Waals surface area contributed by atoms with E-state index in [9.17, 15) is 4.79 Å². The van der Waals surface area contributed by atoms with Crippen LogP contribution >= 0.6 is 24.0 Å². The third-order valence-electron chi connectivity index (χ3n) is 5.94. The van der Waals surface area contributed by atoms with Gasteiger partial charge in [0.25, 0.3) is 5.91 Å². The largest absolute Gasteiger partial charge is 0.376 e. The van der Waals surface area contributed by atoms with Gasteiger partial charge in [-0.25, -0.2) is 0 Å². The Morgan fingerprint density at radius 1 is 1.33 bits per heavy atom. The number of carbonyl (C=O) groups is 1. The molecule has 2 aromatic rings. The summed E-state index contributed by atoms with van der Waals surface area (Å²) in [6.45, 7) is 8.20. The summed E-state index contributed by atoms with van der Waals surface area (Å²) < 4.78 is 7.50. The van der Waals surface area contributed by atoms with E-state index in [1.165, 1.54) is 11.3 Å². The van der Waals surface area contributed by atoms with Crippen LogP contribution < -0.4 is 16.0 Å². The average molecular weight is 569 g/mol. The van der Waals surface area contributed by atoms with E-state index >= 15 is 0 Å². The molecule has 0 spiro atoms. The molecule has 0 bridgehead atoms. The number of hydrogen-bond donors (Lipinski definition) is 3. The summed E-state index contributed by atoms with van der Waals surface area (Å²) in [5.41, 5.74) is 5.19. The number of ether oxygens (including phenoxy) is 1. The second-order valence-corrected chi connectivity index (χ2v) is 8.49. The molecule has 3 rings (SSSR count). The first-order valence-electron chi connectivity index (χ1n) is 11.3. The fourth-order valence-corrected chi connectivity index (χ4v) is 4.02. The summed E-state index contributed by atoms with van der Waals surface area (Å²) >= 11 is 0. The molecule has 8 nitrogen and oxygen atoms in total. The quantitative estimate of drug-likeness (QED) is 0.259. The molecule has 3 N–H and O–H groups in total. The number of amides is 1. The van der Waals surface area contributed by atoms with Gasteiger partial charge < -0.3 is 20.7 Å². The van der Waals surface area contributed by atoms with Crippen molar-refractivity contribution in [3.63, 3.8) is 0 Å². The number of nitrogens with zero attached hydrogens (tertiary/aromatic N) is 3. The number of halogens is 1. The molecule has 1 aromatic heterocycles. The number of hydrogen-bond acceptors (Lipinski definition) is 4. The maximum absolute atomic E-state index is 12.5. The van der Waals surface area contributed by atoms with E-state index in [4.69, 9.17) is 4.74 Å². The smallest absolute Gasteiger partial charge is 0.251 e. The van der Waals surface area contributed by atoms with Crippen LogP contribution in [0.4, 0.5) is 0 Å². The molecule has 1 aliphatic rings. The third kappa shape index (κ3) is 7.70. The van der Waals surface area contributed by atoms with Crippen molar-refractivity contribution in [1.29, 1.82) is 0 Å². The van der Waals surface area contributed by atoms with Crippen LogP contribution in [0, 0.1) is 13.8 Å². The number of rotatable bonds is 8. The zero-order valence-corrected chi connectivity index (χ0v) is 22.6. The molecule has 1 fully saturated rings. The van der Waals surface area contributed by atoms with Crippen LogP contribution in [0.2, 0.25) is 0 Å². The van der Waals surface area contributed by atoms with Gasteiger partial charge in [0.1, 0.15) is 0 Å². The Balaban J connectivity index is 0.00000385. The van der Waals surface area contributed by atoms with Gasteiger partial charge in [-0.2, -0.15) is 5.10 Å². The van der Waals surface area contributed by atoms with Crippen LogP contribution in [-0.2, 0) is 24.8 Å². The summed E-state index contributed by atoms with van der Waals surface area (Å²) in [4.78, 5) is 16.8. The second kappa shape index (κ2) is 12.9. The molecule has 1 aliphatic heterocycles. The molecule has 1 saturated heterocycles. The summed E-state index contributed by atoms with van der Waals surface area (Å²) in [5, 5.41) is 14.3. The summed E-state index contributed by atoms with van der Waals surface area (Å²) in [6.07, 6.45) is 3.08. The lowest BCUT2D eigenvalue weighted by molar-refractivity contribution is 0.0857. The van der Waals surface area contributed by atoms with E-state index < -0.39 is 0 Å². The standard InChI is InChI=1S/C24H36N6O2.HI/c1-16(12-22-17(2)29-30(5)18(22)3)28-24(25-4)27-14-19-8-6-9-20(13-19)23(31)26-15-21-10-7-11-32-21;/h6,8-9,13,16,21H,7,10-12,14-15H2,1-5H3,(H,26,31)(H2,25,27,28);1H. The zero-order chi connectivity index (χ0) is 23.1. The minimum absolute atomic E-state index is 0. The van der Waals surface area contributed by atoms with Crippen molar-refractivity contribution in [2.24, 2.45) is 12.0 Å². The van der Waals surface area contributed by atoms with Crippen LogP contribution in [0.1, 0.15) is 52.6 Å². The van der Waals surface area contributed by atoms with E-state index in [2.05, 4.69) is 39.9 Å². The molecular formula is C24H37IN6O2. The molecule has 33 heavy (non-hydrogen) atoms. The van der Waals surface area contributed by atoms with Crippen LogP contribution in [0.3, 0.4) is 0 Å². The number of carbonyl (C=O) groups excluding carboxylic acids is 1. The van der Waals surface area contributed by atoms with E-state index in [1.54, 1.807) is 7.05 Å². The highest BCUT2D eigenvalue weighted by atomic mass is 127. The molecule has 0 aliphatic carbocycles. The second-order valence-electron chi connectivity index (χ2n) is 8.49. The maximum Gasteiger partial charge on any atom is 0.251 e. The molecule has 1 amide bonds. The van der Waals surface area contributed by atoms with Gasteiger partial charge in [-0.1, -0.05) is 12.1 Å². The van der Waals surface area contributed by atoms with Crippen molar-refractivity contribution in [2.45, 2.75) is 58.7 Å². The van der Waals surface area contributed by atoms with Gasteiger partial charge in [0, 0.05) is 51.1 Å². The summed E-state index contributed by atoms with van der Waals surface area (Å²) in [7, 11) is 3.74. The van der Waals surface area contributed by atoms with E-state index in [0.29, 0.717) is 18.7 Å². The minimum atomic E-state index is -0.0688. The van der Waals surface area contributed by atoms with Gasteiger partial charge in [-0.05, 0) is 63.3 Å². The lowest BCUT2D eigenvalue weighted by Gasteiger charge is -2.18. The molecule has 0 saturated carbocycles. The van der Waals surface area contributed by atoms with Crippen LogP contribution in [0.25, 0.3) is 0 Å². The Morgan fingerprint density at radius 2 is 2.12 bits per heavy atom. The SMILES string of the molecule is CN=C(NCc1cccc(C(=O)NCC2CCCO2)c1)NC(C)Cc1c(C)nn(C)c1C.I. The maximum atomic E-state index is 12.5. The van der Waals surface area contributed by atoms with Crippen LogP contribution in [0.5, 0.6) is 0 Å². The molecule has 9 heteroatoms. The van der Waals surface area contributed by atoms with Gasteiger partial charge in [-0.15, -0.1) is 24.0 Å². The molecule has 182 valence electrons. The van der Waals surface area contributed by atoms with Crippen molar-refractivity contribution in [3.05, 3.63) is 52.3 Å². The fraction of sp³-hybridized carbons (Fsp3) is 0.542. The van der Waals surface area contributed by atoms with Gasteiger partial charge >= 0.3 is 0 Å². The fourth-order valence-electron chi connectivity index (χ4n) is 4.02. The Kier molecular flexibility index (Phi) is 10.6. The molecule has 2 heterocycles. The number of guanidine groups is 1. The normalized spacial score (nSPS) is 16.8. The van der Waals surface area contributed by atoms with Crippen molar-refractivity contribution in [3.8, 4) is 0 Å². The van der Waals surface area contributed by atoms with Crippen molar-refractivity contribution < 1.29 is 9.53 Å². The zero-order valence-electron chi connectivity index (χ0n) is 20.3. The first-order valence-corrected chi connectivity index (χ1v) is 11.3. The number of nitrogens with one attached hydrogen (secondary N) is 3. The molecule has 1 aromatic carbocycles. The first-order chi connectivity index (χ1) is 15.4. The Labute approximate surface area is 214 Å². The van der Waals surface area contributed by atoms with Crippen molar-refractivity contribution in [1.82, 2.24) is 25.7 Å². The average Bonchev–Trinajstić information content (AvgIpc) is 3.39. The Hall–Kier alpha value is -2.14.